The number of aliphatic hydroxyl groups excluding tert-OH is 1. The van der Waals surface area contributed by atoms with Crippen LogP contribution in [0.1, 0.15) is 16.5 Å². The van der Waals surface area contributed by atoms with Crippen molar-refractivity contribution in [2.24, 2.45) is 0 Å². The van der Waals surface area contributed by atoms with Gasteiger partial charge in [0.05, 0.1) is 19.5 Å². The molecule has 1 aliphatic rings. The lowest BCUT2D eigenvalue weighted by molar-refractivity contribution is -0.128. The Morgan fingerprint density at radius 2 is 2.00 bits per heavy atom. The summed E-state index contributed by atoms with van der Waals surface area (Å²) in [6.07, 6.45) is 0. The van der Waals surface area contributed by atoms with E-state index in [0.29, 0.717) is 30.4 Å². The minimum absolute atomic E-state index is 0.0434. The van der Waals surface area contributed by atoms with Gasteiger partial charge >= 0.3 is 0 Å². The van der Waals surface area contributed by atoms with Gasteiger partial charge in [0.25, 0.3) is 0 Å². The zero-order valence-electron chi connectivity index (χ0n) is 14.1. The number of hydrogen-bond donors (Lipinski definition) is 1. The van der Waals surface area contributed by atoms with E-state index in [-0.39, 0.29) is 17.9 Å². The van der Waals surface area contributed by atoms with Gasteiger partial charge in [0.15, 0.2) is 11.5 Å². The monoisotopic (exact) mass is 359 g/mol. The Balaban J connectivity index is 1.76. The number of nitrogens with zero attached hydrogens (tertiary/aromatic N) is 1. The molecular weight excluding hydrogens is 338 g/mol. The third-order valence-electron chi connectivity index (χ3n) is 4.02. The van der Waals surface area contributed by atoms with Crippen molar-refractivity contribution >= 4 is 17.7 Å². The molecule has 1 atom stereocenters. The van der Waals surface area contributed by atoms with Gasteiger partial charge in [-0.2, -0.15) is 0 Å². The van der Waals surface area contributed by atoms with Gasteiger partial charge in [0.1, 0.15) is 12.0 Å². The highest BCUT2D eigenvalue weighted by Gasteiger charge is 2.32. The standard InChI is InChI=1S/C19H21NO4S/c1-23-17-11-15(19-20(9-10-21)18(22)13-25-19)7-8-16(17)24-12-14-5-3-2-4-6-14/h2-8,11,19,21H,9-10,12-13H2,1H3. The largest absolute Gasteiger partial charge is 0.493 e. The van der Waals surface area contributed by atoms with E-state index in [1.165, 1.54) is 0 Å². The number of carbonyl (C=O) groups is 1. The molecule has 2 aromatic carbocycles. The van der Waals surface area contributed by atoms with E-state index in [2.05, 4.69) is 0 Å². The Morgan fingerprint density at radius 1 is 1.20 bits per heavy atom. The number of thioether (sulfide) groups is 1. The van der Waals surface area contributed by atoms with Crippen LogP contribution in [0.25, 0.3) is 0 Å². The van der Waals surface area contributed by atoms with E-state index in [1.807, 2.05) is 48.5 Å². The second-order valence-electron chi connectivity index (χ2n) is 5.66. The van der Waals surface area contributed by atoms with Gasteiger partial charge in [0, 0.05) is 6.54 Å². The molecule has 3 rings (SSSR count). The van der Waals surface area contributed by atoms with Gasteiger partial charge in [0.2, 0.25) is 5.91 Å². The minimum atomic E-state index is -0.100. The second kappa shape index (κ2) is 8.27. The molecule has 1 heterocycles. The van der Waals surface area contributed by atoms with E-state index < -0.39 is 0 Å². The Kier molecular flexibility index (Phi) is 5.83. The van der Waals surface area contributed by atoms with Crippen LogP contribution in [0.2, 0.25) is 0 Å². The zero-order chi connectivity index (χ0) is 17.6. The molecule has 1 N–H and O–H groups in total. The molecule has 1 unspecified atom stereocenters. The highest BCUT2D eigenvalue weighted by atomic mass is 32.2. The second-order valence-corrected chi connectivity index (χ2v) is 6.73. The van der Waals surface area contributed by atoms with Crippen LogP contribution >= 0.6 is 11.8 Å². The van der Waals surface area contributed by atoms with Crippen LogP contribution in [0.4, 0.5) is 0 Å². The number of β-amino-alcohol motifs (C(OH)–C–C–N with tert-alkyl or cyclic N) is 1. The van der Waals surface area contributed by atoms with Crippen LogP contribution < -0.4 is 9.47 Å². The first-order valence-electron chi connectivity index (χ1n) is 8.09. The first-order chi connectivity index (χ1) is 12.2. The number of hydrogen-bond acceptors (Lipinski definition) is 5. The van der Waals surface area contributed by atoms with Gasteiger partial charge in [-0.05, 0) is 23.3 Å². The van der Waals surface area contributed by atoms with Crippen molar-refractivity contribution in [3.63, 3.8) is 0 Å². The molecule has 0 radical (unpaired) electrons. The maximum Gasteiger partial charge on any atom is 0.233 e. The highest BCUT2D eigenvalue weighted by Crippen LogP contribution is 2.41. The molecule has 25 heavy (non-hydrogen) atoms. The fourth-order valence-corrected chi connectivity index (χ4v) is 3.98. The van der Waals surface area contributed by atoms with Crippen molar-refractivity contribution in [1.82, 2.24) is 4.90 Å². The Bertz CT molecular complexity index is 723. The fraction of sp³-hybridized carbons (Fsp3) is 0.316. The van der Waals surface area contributed by atoms with E-state index in [4.69, 9.17) is 9.47 Å². The van der Waals surface area contributed by atoms with Crippen LogP contribution in [0, 0.1) is 0 Å². The zero-order valence-corrected chi connectivity index (χ0v) is 14.9. The van der Waals surface area contributed by atoms with Crippen LogP contribution in [-0.2, 0) is 11.4 Å². The summed E-state index contributed by atoms with van der Waals surface area (Å²) < 4.78 is 11.3. The van der Waals surface area contributed by atoms with Crippen molar-refractivity contribution in [1.29, 1.82) is 0 Å². The van der Waals surface area contributed by atoms with Gasteiger partial charge in [-0.1, -0.05) is 36.4 Å². The number of rotatable bonds is 7. The Hall–Kier alpha value is -2.18. The van der Waals surface area contributed by atoms with Crippen molar-refractivity contribution in [3.8, 4) is 11.5 Å². The molecule has 5 nitrogen and oxygen atoms in total. The first kappa shape index (κ1) is 17.6. The molecule has 0 saturated carbocycles. The number of aliphatic hydroxyl groups is 1. The number of ether oxygens (including phenoxy) is 2. The topological polar surface area (TPSA) is 59.0 Å². The Morgan fingerprint density at radius 3 is 2.72 bits per heavy atom. The molecule has 2 aromatic rings. The maximum atomic E-state index is 12.0. The summed E-state index contributed by atoms with van der Waals surface area (Å²) in [7, 11) is 1.60. The van der Waals surface area contributed by atoms with E-state index >= 15 is 0 Å². The number of amides is 1. The van der Waals surface area contributed by atoms with Crippen LogP contribution in [-0.4, -0.2) is 41.9 Å². The summed E-state index contributed by atoms with van der Waals surface area (Å²) in [6.45, 7) is 0.757. The van der Waals surface area contributed by atoms with E-state index in [9.17, 15) is 9.90 Å². The predicted octanol–water partition coefficient (Wildman–Crippen LogP) is 2.84. The molecular formula is C19H21NO4S. The summed E-state index contributed by atoms with van der Waals surface area (Å²) in [5, 5.41) is 9.08. The molecule has 0 aliphatic carbocycles. The lowest BCUT2D eigenvalue weighted by Gasteiger charge is -2.24. The van der Waals surface area contributed by atoms with Crippen LogP contribution in [0.5, 0.6) is 11.5 Å². The molecule has 1 aliphatic heterocycles. The number of methoxy groups -OCH3 is 1. The number of benzene rings is 2. The number of carbonyl (C=O) groups excluding carboxylic acids is 1. The highest BCUT2D eigenvalue weighted by molar-refractivity contribution is 8.00. The summed E-state index contributed by atoms with van der Waals surface area (Å²) in [6, 6.07) is 15.7. The van der Waals surface area contributed by atoms with E-state index in [0.717, 1.165) is 11.1 Å². The van der Waals surface area contributed by atoms with Crippen LogP contribution in [0.15, 0.2) is 48.5 Å². The fourth-order valence-electron chi connectivity index (χ4n) is 2.77. The van der Waals surface area contributed by atoms with Gasteiger partial charge in [-0.25, -0.2) is 0 Å². The van der Waals surface area contributed by atoms with E-state index in [1.54, 1.807) is 23.8 Å². The maximum absolute atomic E-state index is 12.0. The lowest BCUT2D eigenvalue weighted by atomic mass is 10.1. The first-order valence-corrected chi connectivity index (χ1v) is 9.14. The van der Waals surface area contributed by atoms with Gasteiger partial charge in [-0.3, -0.25) is 4.79 Å². The predicted molar refractivity (Wildman–Crippen MR) is 97.8 cm³/mol. The summed E-state index contributed by atoms with van der Waals surface area (Å²) in [5.41, 5.74) is 2.05. The van der Waals surface area contributed by atoms with Gasteiger partial charge < -0.3 is 19.5 Å². The smallest absolute Gasteiger partial charge is 0.233 e. The molecule has 132 valence electrons. The molecule has 6 heteroatoms. The SMILES string of the molecule is COc1cc(C2SCC(=O)N2CCO)ccc1OCc1ccccc1. The lowest BCUT2D eigenvalue weighted by Crippen LogP contribution is -2.30. The van der Waals surface area contributed by atoms with Crippen molar-refractivity contribution in [2.45, 2.75) is 12.0 Å². The average molecular weight is 359 g/mol. The third kappa shape index (κ3) is 4.08. The summed E-state index contributed by atoms with van der Waals surface area (Å²) in [4.78, 5) is 13.7. The van der Waals surface area contributed by atoms with Crippen molar-refractivity contribution < 1.29 is 19.4 Å². The third-order valence-corrected chi connectivity index (χ3v) is 5.28. The average Bonchev–Trinajstić information content (AvgIpc) is 3.02. The van der Waals surface area contributed by atoms with Gasteiger partial charge in [-0.15, -0.1) is 11.8 Å². The minimum Gasteiger partial charge on any atom is -0.493 e. The molecule has 0 bridgehead atoms. The van der Waals surface area contributed by atoms with Crippen molar-refractivity contribution in [2.75, 3.05) is 26.0 Å². The summed E-state index contributed by atoms with van der Waals surface area (Å²) in [5.74, 6) is 1.78. The quantitative estimate of drug-likeness (QED) is 0.824. The molecule has 1 saturated heterocycles. The molecule has 1 amide bonds. The van der Waals surface area contributed by atoms with Crippen LogP contribution in [0.3, 0.4) is 0 Å². The summed E-state index contributed by atoms with van der Waals surface area (Å²) >= 11 is 1.56. The Labute approximate surface area is 151 Å². The molecule has 1 fully saturated rings. The molecule has 0 aromatic heterocycles. The molecule has 0 spiro atoms. The van der Waals surface area contributed by atoms with Crippen molar-refractivity contribution in [3.05, 3.63) is 59.7 Å². The normalized spacial score (nSPS) is 17.0.